The maximum Gasteiger partial charge on any atom is 0.417 e. The van der Waals surface area contributed by atoms with Crippen LogP contribution in [0.5, 0.6) is 11.5 Å². The monoisotopic (exact) mass is 898 g/mol. The van der Waals surface area contributed by atoms with Crippen LogP contribution in [0.3, 0.4) is 0 Å². The summed E-state index contributed by atoms with van der Waals surface area (Å²) in [6.07, 6.45) is -2.37. The predicted octanol–water partition coefficient (Wildman–Crippen LogP) is 2.29. The highest BCUT2D eigenvalue weighted by molar-refractivity contribution is 7.89. The van der Waals surface area contributed by atoms with Gasteiger partial charge in [-0.15, -0.1) is 0 Å². The van der Waals surface area contributed by atoms with E-state index in [9.17, 15) is 36.0 Å². The van der Waals surface area contributed by atoms with Crippen molar-refractivity contribution >= 4 is 43.9 Å². The zero-order valence-corrected chi connectivity index (χ0v) is 36.2. The number of hydrogen-bond donors (Lipinski definition) is 4. The van der Waals surface area contributed by atoms with E-state index in [4.69, 9.17) is 28.4 Å². The van der Waals surface area contributed by atoms with Crippen molar-refractivity contribution in [1.29, 1.82) is 0 Å². The fourth-order valence-corrected chi connectivity index (χ4v) is 7.51. The van der Waals surface area contributed by atoms with Crippen LogP contribution >= 0.6 is 0 Å². The van der Waals surface area contributed by atoms with Gasteiger partial charge in [0.2, 0.25) is 20.0 Å². The Kier molecular flexibility index (Phi) is 18.8. The van der Waals surface area contributed by atoms with E-state index >= 15 is 0 Å². The first-order valence-electron chi connectivity index (χ1n) is 19.2. The van der Waals surface area contributed by atoms with Crippen molar-refractivity contribution < 1.29 is 64.4 Å². The van der Waals surface area contributed by atoms with Crippen LogP contribution in [0.25, 0.3) is 0 Å². The Morgan fingerprint density at radius 2 is 0.871 bits per heavy atom. The van der Waals surface area contributed by atoms with Crippen LogP contribution in [0, 0.1) is 13.8 Å². The maximum absolute atomic E-state index is 13.3. The Morgan fingerprint density at radius 1 is 0.516 bits per heavy atom. The number of carbonyl (C=O) groups is 4. The lowest BCUT2D eigenvalue weighted by atomic mass is 10.2. The Morgan fingerprint density at radius 3 is 1.23 bits per heavy atom. The number of esters is 4. The van der Waals surface area contributed by atoms with E-state index in [0.29, 0.717) is 0 Å². The predicted molar refractivity (Wildman–Crippen MR) is 225 cm³/mol. The van der Waals surface area contributed by atoms with E-state index in [1.54, 1.807) is 48.5 Å². The molecule has 20 heteroatoms. The molecule has 18 nitrogen and oxygen atoms in total. The summed E-state index contributed by atoms with van der Waals surface area (Å²) in [4.78, 5) is 51.4. The number of nitrogens with one attached hydrogen (secondary N) is 4. The topological polar surface area (TPSA) is 240 Å². The standard InChI is InChI=1S/C42H50N4O14S2/c1-29-13-17-33(18-14-29)61(51,52)45-23-21-43-25-31(27-57-37-11-7-5-9-35(37)39(47)55-3)59-41(49)42(50)60-32(28-58-38-12-8-6-10-36(38)40(48)56-4)26-44-22-24-46-62(53,54)34-19-15-30(2)16-20-34/h5-20,31-32,43-46H,21-28H2,1-4H3. The molecule has 0 amide bonds. The second kappa shape index (κ2) is 23.9. The third kappa shape index (κ3) is 15.2. The molecule has 2 atom stereocenters. The molecule has 2 unspecified atom stereocenters. The van der Waals surface area contributed by atoms with Crippen LogP contribution in [0.15, 0.2) is 107 Å². The zero-order valence-electron chi connectivity index (χ0n) is 34.6. The van der Waals surface area contributed by atoms with Crippen molar-refractivity contribution in [2.75, 3.05) is 66.7 Å². The number of aryl methyl sites for hydroxylation is 2. The van der Waals surface area contributed by atoms with E-state index in [2.05, 4.69) is 20.1 Å². The van der Waals surface area contributed by atoms with Gasteiger partial charge in [0, 0.05) is 39.3 Å². The minimum absolute atomic E-state index is 0.0495. The van der Waals surface area contributed by atoms with Crippen molar-refractivity contribution in [3.63, 3.8) is 0 Å². The molecule has 0 spiro atoms. The number of hydrogen-bond acceptors (Lipinski definition) is 16. The minimum Gasteiger partial charge on any atom is -0.489 e. The number of sulfonamides is 2. The van der Waals surface area contributed by atoms with E-state index in [-0.39, 0.29) is 84.9 Å². The average molecular weight is 899 g/mol. The summed E-state index contributed by atoms with van der Waals surface area (Å²) in [5, 5.41) is 5.93. The molecular weight excluding hydrogens is 849 g/mol. The Bertz CT molecular complexity index is 2180. The normalized spacial score (nSPS) is 12.4. The van der Waals surface area contributed by atoms with Gasteiger partial charge in [0.05, 0.1) is 24.0 Å². The maximum atomic E-state index is 13.3. The van der Waals surface area contributed by atoms with Gasteiger partial charge in [-0.25, -0.2) is 45.5 Å². The van der Waals surface area contributed by atoms with Crippen molar-refractivity contribution in [2.45, 2.75) is 35.8 Å². The molecule has 0 saturated heterocycles. The van der Waals surface area contributed by atoms with Gasteiger partial charge >= 0.3 is 23.9 Å². The Hall–Kier alpha value is -5.90. The molecule has 0 aromatic heterocycles. The van der Waals surface area contributed by atoms with Crippen molar-refractivity contribution in [1.82, 2.24) is 20.1 Å². The molecule has 4 aromatic carbocycles. The molecule has 0 aliphatic heterocycles. The number of methoxy groups -OCH3 is 2. The van der Waals surface area contributed by atoms with Crippen molar-refractivity contribution in [3.8, 4) is 11.5 Å². The lowest BCUT2D eigenvalue weighted by molar-refractivity contribution is -0.175. The second-order valence-corrected chi connectivity index (χ2v) is 17.0. The van der Waals surface area contributed by atoms with E-state index in [1.165, 1.54) is 62.8 Å². The van der Waals surface area contributed by atoms with Crippen molar-refractivity contribution in [2.24, 2.45) is 0 Å². The molecule has 0 radical (unpaired) electrons. The minimum atomic E-state index is -3.82. The molecule has 0 aliphatic rings. The number of carbonyl (C=O) groups excluding carboxylic acids is 4. The summed E-state index contributed by atoms with van der Waals surface area (Å²) in [6.45, 7) is 2.70. The van der Waals surface area contributed by atoms with Crippen LogP contribution < -0.4 is 29.6 Å². The van der Waals surface area contributed by atoms with Crippen LogP contribution in [0.4, 0.5) is 0 Å². The second-order valence-electron chi connectivity index (χ2n) is 13.5. The molecule has 0 saturated carbocycles. The average Bonchev–Trinajstić information content (AvgIpc) is 3.26. The van der Waals surface area contributed by atoms with Gasteiger partial charge in [0.25, 0.3) is 0 Å². The molecule has 0 heterocycles. The van der Waals surface area contributed by atoms with Crippen LogP contribution in [0.1, 0.15) is 31.8 Å². The van der Waals surface area contributed by atoms with E-state index in [0.717, 1.165) is 11.1 Å². The molecule has 4 rings (SSSR count). The van der Waals surface area contributed by atoms with Crippen LogP contribution in [0.2, 0.25) is 0 Å². The number of ether oxygens (including phenoxy) is 6. The highest BCUT2D eigenvalue weighted by Gasteiger charge is 2.28. The first-order chi connectivity index (χ1) is 29.6. The zero-order chi connectivity index (χ0) is 45.1. The van der Waals surface area contributed by atoms with Crippen LogP contribution in [-0.2, 0) is 48.6 Å². The molecular formula is C42H50N4O14S2. The van der Waals surface area contributed by atoms with Gasteiger partial charge in [-0.3, -0.25) is 0 Å². The van der Waals surface area contributed by atoms with Crippen LogP contribution in [-0.4, -0.2) is 120 Å². The molecule has 4 N–H and O–H groups in total. The summed E-state index contributed by atoms with van der Waals surface area (Å²) < 4.78 is 88.2. The highest BCUT2D eigenvalue weighted by atomic mass is 32.2. The van der Waals surface area contributed by atoms with Gasteiger partial charge in [-0.2, -0.15) is 0 Å². The van der Waals surface area contributed by atoms with E-state index in [1.807, 2.05) is 13.8 Å². The summed E-state index contributed by atoms with van der Waals surface area (Å²) in [7, 11) is -5.23. The summed E-state index contributed by atoms with van der Waals surface area (Å²) >= 11 is 0. The molecule has 334 valence electrons. The third-order valence-corrected chi connectivity index (χ3v) is 11.7. The molecule has 0 fully saturated rings. The van der Waals surface area contributed by atoms with Gasteiger partial charge in [-0.05, 0) is 62.4 Å². The summed E-state index contributed by atoms with van der Waals surface area (Å²) in [5.41, 5.74) is 1.96. The highest BCUT2D eigenvalue weighted by Crippen LogP contribution is 2.21. The summed E-state index contributed by atoms with van der Waals surface area (Å²) in [6, 6.07) is 25.0. The van der Waals surface area contributed by atoms with Crippen molar-refractivity contribution in [3.05, 3.63) is 119 Å². The Balaban J connectivity index is 1.42. The van der Waals surface area contributed by atoms with Gasteiger partial charge < -0.3 is 39.1 Å². The molecule has 62 heavy (non-hydrogen) atoms. The lowest BCUT2D eigenvalue weighted by Crippen LogP contribution is -2.43. The SMILES string of the molecule is COC(=O)c1ccccc1OCC(CNCCNS(=O)(=O)c1ccc(C)cc1)OC(=O)C(=O)OC(CNCCNS(=O)(=O)c1ccc(C)cc1)COc1ccccc1C(=O)OC. The Labute approximate surface area is 360 Å². The summed E-state index contributed by atoms with van der Waals surface area (Å²) in [5.74, 6) is -4.01. The number of para-hydroxylation sites is 2. The van der Waals surface area contributed by atoms with E-state index < -0.39 is 56.1 Å². The molecule has 0 aliphatic carbocycles. The van der Waals surface area contributed by atoms with Gasteiger partial charge in [-0.1, -0.05) is 59.7 Å². The van der Waals surface area contributed by atoms with Gasteiger partial charge in [0.1, 0.15) is 48.0 Å². The number of rotatable bonds is 24. The molecule has 0 bridgehead atoms. The third-order valence-electron chi connectivity index (χ3n) is 8.74. The quantitative estimate of drug-likeness (QED) is 0.0342. The largest absolute Gasteiger partial charge is 0.489 e. The first-order valence-corrected chi connectivity index (χ1v) is 22.2. The fraction of sp³-hybridized carbons (Fsp3) is 0.333. The lowest BCUT2D eigenvalue weighted by Gasteiger charge is -2.22. The fourth-order valence-electron chi connectivity index (χ4n) is 5.45. The number of benzene rings is 4. The first kappa shape index (κ1) is 48.8. The van der Waals surface area contributed by atoms with Gasteiger partial charge in [0.15, 0.2) is 0 Å². The molecule has 4 aromatic rings. The smallest absolute Gasteiger partial charge is 0.417 e.